The van der Waals surface area contributed by atoms with E-state index in [0.717, 1.165) is 26.0 Å². The molecular weight excluding hydrogens is 180 g/mol. The van der Waals surface area contributed by atoms with Gasteiger partial charge in [0.15, 0.2) is 0 Å². The van der Waals surface area contributed by atoms with Gasteiger partial charge < -0.3 is 15.4 Å². The number of amides is 1. The van der Waals surface area contributed by atoms with Gasteiger partial charge in [-0.3, -0.25) is 4.79 Å². The van der Waals surface area contributed by atoms with Crippen molar-refractivity contribution in [1.82, 2.24) is 10.6 Å². The molecule has 2 rings (SSSR count). The summed E-state index contributed by atoms with van der Waals surface area (Å²) in [4.78, 5) is 11.8. The number of rotatable bonds is 2. The lowest BCUT2D eigenvalue weighted by molar-refractivity contribution is -0.125. The molecule has 0 radical (unpaired) electrons. The van der Waals surface area contributed by atoms with Crippen LogP contribution >= 0.6 is 0 Å². The summed E-state index contributed by atoms with van der Waals surface area (Å²) in [5, 5.41) is 6.33. The van der Waals surface area contributed by atoms with Gasteiger partial charge in [0.1, 0.15) is 0 Å². The van der Waals surface area contributed by atoms with Crippen LogP contribution in [0.1, 0.15) is 19.8 Å². The Labute approximate surface area is 84.4 Å². The van der Waals surface area contributed by atoms with Crippen molar-refractivity contribution in [3.8, 4) is 0 Å². The minimum Gasteiger partial charge on any atom is -0.379 e. The highest BCUT2D eigenvalue weighted by molar-refractivity contribution is 5.80. The topological polar surface area (TPSA) is 50.4 Å². The summed E-state index contributed by atoms with van der Waals surface area (Å²) in [5.41, 5.74) is 0. The summed E-state index contributed by atoms with van der Waals surface area (Å²) in [6.07, 6.45) is 1.92. The van der Waals surface area contributed by atoms with Gasteiger partial charge in [-0.15, -0.1) is 0 Å². The van der Waals surface area contributed by atoms with Gasteiger partial charge in [-0.1, -0.05) is 0 Å². The highest BCUT2D eigenvalue weighted by Crippen LogP contribution is 2.16. The van der Waals surface area contributed by atoms with E-state index in [0.29, 0.717) is 12.6 Å². The molecule has 2 aliphatic heterocycles. The molecule has 2 heterocycles. The van der Waals surface area contributed by atoms with E-state index in [-0.39, 0.29) is 17.9 Å². The van der Waals surface area contributed by atoms with Crippen molar-refractivity contribution >= 4 is 5.91 Å². The van der Waals surface area contributed by atoms with E-state index in [1.807, 2.05) is 0 Å². The van der Waals surface area contributed by atoms with Crippen LogP contribution < -0.4 is 10.6 Å². The zero-order chi connectivity index (χ0) is 9.97. The molecule has 2 fully saturated rings. The molecule has 4 nitrogen and oxygen atoms in total. The van der Waals surface area contributed by atoms with Crippen LogP contribution in [0, 0.1) is 5.92 Å². The highest BCUT2D eigenvalue weighted by atomic mass is 16.5. The standard InChI is InChI=1S/C10H18N2O2/c1-7-9(2-4-11-7)10(13)12-8-3-5-14-6-8/h7-9,11H,2-6H2,1H3,(H,12,13). The van der Waals surface area contributed by atoms with Crippen LogP contribution in [0.5, 0.6) is 0 Å². The second-order valence-electron chi connectivity index (χ2n) is 4.21. The summed E-state index contributed by atoms with van der Waals surface area (Å²) >= 11 is 0. The Morgan fingerprint density at radius 2 is 2.36 bits per heavy atom. The van der Waals surface area contributed by atoms with E-state index in [1.54, 1.807) is 0 Å². The molecule has 0 saturated carbocycles. The van der Waals surface area contributed by atoms with Crippen LogP contribution in [-0.4, -0.2) is 37.7 Å². The Bertz CT molecular complexity index is 214. The number of carbonyl (C=O) groups is 1. The molecule has 1 amide bonds. The van der Waals surface area contributed by atoms with Gasteiger partial charge in [0.05, 0.1) is 18.6 Å². The predicted molar refractivity (Wildman–Crippen MR) is 52.9 cm³/mol. The summed E-state index contributed by atoms with van der Waals surface area (Å²) in [6.45, 7) is 4.49. The second kappa shape index (κ2) is 4.28. The molecule has 80 valence electrons. The molecule has 0 spiro atoms. The van der Waals surface area contributed by atoms with Crippen LogP contribution in [0.4, 0.5) is 0 Å². The van der Waals surface area contributed by atoms with Gasteiger partial charge in [0.2, 0.25) is 5.91 Å². The molecule has 14 heavy (non-hydrogen) atoms. The SMILES string of the molecule is CC1NCCC1C(=O)NC1CCOC1. The Hall–Kier alpha value is -0.610. The summed E-state index contributed by atoms with van der Waals surface area (Å²) in [7, 11) is 0. The van der Waals surface area contributed by atoms with Gasteiger partial charge in [-0.2, -0.15) is 0 Å². The first-order valence-electron chi connectivity index (χ1n) is 5.39. The number of hydrogen-bond donors (Lipinski definition) is 2. The van der Waals surface area contributed by atoms with E-state index >= 15 is 0 Å². The fourth-order valence-corrected chi connectivity index (χ4v) is 2.17. The minimum absolute atomic E-state index is 0.149. The molecule has 2 aliphatic rings. The number of hydrogen-bond acceptors (Lipinski definition) is 3. The van der Waals surface area contributed by atoms with E-state index in [4.69, 9.17) is 4.74 Å². The van der Waals surface area contributed by atoms with Crippen molar-refractivity contribution in [2.24, 2.45) is 5.92 Å². The monoisotopic (exact) mass is 198 g/mol. The molecule has 0 aromatic carbocycles. The molecule has 3 atom stereocenters. The fraction of sp³-hybridized carbons (Fsp3) is 0.900. The lowest BCUT2D eigenvalue weighted by Gasteiger charge is -2.17. The largest absolute Gasteiger partial charge is 0.379 e. The third kappa shape index (κ3) is 2.07. The molecule has 0 aromatic heterocycles. The quantitative estimate of drug-likeness (QED) is 0.651. The van der Waals surface area contributed by atoms with E-state index < -0.39 is 0 Å². The third-order valence-electron chi connectivity index (χ3n) is 3.14. The van der Waals surface area contributed by atoms with E-state index in [1.165, 1.54) is 0 Å². The smallest absolute Gasteiger partial charge is 0.225 e. The molecule has 2 saturated heterocycles. The Morgan fingerprint density at radius 1 is 1.50 bits per heavy atom. The van der Waals surface area contributed by atoms with Crippen LogP contribution in [-0.2, 0) is 9.53 Å². The zero-order valence-electron chi connectivity index (χ0n) is 8.58. The van der Waals surface area contributed by atoms with E-state index in [9.17, 15) is 4.79 Å². The average Bonchev–Trinajstić information content (AvgIpc) is 2.75. The first-order valence-corrected chi connectivity index (χ1v) is 5.39. The van der Waals surface area contributed by atoms with Crippen LogP contribution in [0.3, 0.4) is 0 Å². The number of carbonyl (C=O) groups excluding carboxylic acids is 1. The first kappa shape index (κ1) is 9.93. The summed E-state index contributed by atoms with van der Waals surface area (Å²) in [6, 6.07) is 0.563. The van der Waals surface area contributed by atoms with Crippen molar-refractivity contribution in [2.45, 2.75) is 31.8 Å². The van der Waals surface area contributed by atoms with Crippen molar-refractivity contribution in [2.75, 3.05) is 19.8 Å². The number of ether oxygens (including phenoxy) is 1. The van der Waals surface area contributed by atoms with Gasteiger partial charge in [0.25, 0.3) is 0 Å². The first-order chi connectivity index (χ1) is 6.77. The summed E-state index contributed by atoms with van der Waals surface area (Å²) in [5.74, 6) is 0.341. The van der Waals surface area contributed by atoms with Gasteiger partial charge in [-0.05, 0) is 26.3 Å². The molecule has 0 aliphatic carbocycles. The third-order valence-corrected chi connectivity index (χ3v) is 3.14. The lowest BCUT2D eigenvalue weighted by atomic mass is 10.0. The molecule has 0 bridgehead atoms. The molecule has 4 heteroatoms. The maximum atomic E-state index is 11.8. The van der Waals surface area contributed by atoms with Gasteiger partial charge >= 0.3 is 0 Å². The molecule has 3 unspecified atom stereocenters. The van der Waals surface area contributed by atoms with Crippen molar-refractivity contribution < 1.29 is 9.53 Å². The van der Waals surface area contributed by atoms with Gasteiger partial charge in [0, 0.05) is 12.6 Å². The maximum Gasteiger partial charge on any atom is 0.225 e. The summed E-state index contributed by atoms with van der Waals surface area (Å²) < 4.78 is 5.22. The number of nitrogens with one attached hydrogen (secondary N) is 2. The lowest BCUT2D eigenvalue weighted by Crippen LogP contribution is -2.42. The van der Waals surface area contributed by atoms with E-state index in [2.05, 4.69) is 17.6 Å². The highest BCUT2D eigenvalue weighted by Gasteiger charge is 2.31. The minimum atomic E-state index is 0.149. The zero-order valence-corrected chi connectivity index (χ0v) is 8.58. The average molecular weight is 198 g/mol. The Kier molecular flexibility index (Phi) is 3.03. The van der Waals surface area contributed by atoms with Crippen molar-refractivity contribution in [1.29, 1.82) is 0 Å². The van der Waals surface area contributed by atoms with Crippen LogP contribution in [0.15, 0.2) is 0 Å². The normalized spacial score (nSPS) is 37.4. The molecule has 0 aromatic rings. The maximum absolute atomic E-state index is 11.8. The van der Waals surface area contributed by atoms with Gasteiger partial charge in [-0.25, -0.2) is 0 Å². The Morgan fingerprint density at radius 3 is 2.93 bits per heavy atom. The second-order valence-corrected chi connectivity index (χ2v) is 4.21. The Balaban J connectivity index is 1.82. The van der Waals surface area contributed by atoms with Crippen molar-refractivity contribution in [3.63, 3.8) is 0 Å². The predicted octanol–water partition coefficient (Wildman–Crippen LogP) is -0.110. The van der Waals surface area contributed by atoms with Crippen LogP contribution in [0.25, 0.3) is 0 Å². The van der Waals surface area contributed by atoms with Crippen molar-refractivity contribution in [3.05, 3.63) is 0 Å². The fourth-order valence-electron chi connectivity index (χ4n) is 2.17. The molecule has 2 N–H and O–H groups in total. The molecular formula is C10H18N2O2. The van der Waals surface area contributed by atoms with Crippen LogP contribution in [0.2, 0.25) is 0 Å².